The third kappa shape index (κ3) is 6.32. The number of esters is 1. The van der Waals surface area contributed by atoms with Crippen molar-refractivity contribution in [3.8, 4) is 17.2 Å². The van der Waals surface area contributed by atoms with Crippen LogP contribution in [-0.4, -0.2) is 41.5 Å². The Kier molecular flexibility index (Phi) is 7.88. The molecule has 0 spiro atoms. The molecule has 4 N–H and O–H groups in total. The number of carbonyl (C=O) groups is 3. The largest absolute Gasteiger partial charge is 0.493 e. The van der Waals surface area contributed by atoms with Crippen molar-refractivity contribution in [3.05, 3.63) is 84.8 Å². The topological polar surface area (TPSA) is 142 Å². The van der Waals surface area contributed by atoms with Gasteiger partial charge in [-0.1, -0.05) is 18.2 Å². The number of halogens is 1. The zero-order chi connectivity index (χ0) is 30.7. The Bertz CT molecular complexity index is 1720. The first-order valence-corrected chi connectivity index (χ1v) is 14.4. The minimum absolute atomic E-state index is 0.0412. The second-order valence-electron chi connectivity index (χ2n) is 11.1. The van der Waals surface area contributed by atoms with E-state index < -0.39 is 28.7 Å². The lowest BCUT2D eigenvalue weighted by Gasteiger charge is -2.17. The summed E-state index contributed by atoms with van der Waals surface area (Å²) in [7, 11) is 0. The van der Waals surface area contributed by atoms with E-state index in [4.69, 9.17) is 19.9 Å². The van der Waals surface area contributed by atoms with Gasteiger partial charge in [0.2, 0.25) is 11.8 Å². The van der Waals surface area contributed by atoms with Crippen molar-refractivity contribution in [1.29, 1.82) is 0 Å². The van der Waals surface area contributed by atoms with Gasteiger partial charge in [-0.15, -0.1) is 0 Å². The lowest BCUT2D eigenvalue weighted by Crippen LogP contribution is -2.35. The predicted molar refractivity (Wildman–Crippen MR) is 161 cm³/mol. The Morgan fingerprint density at radius 2 is 1.61 bits per heavy atom. The maximum atomic E-state index is 15.1. The summed E-state index contributed by atoms with van der Waals surface area (Å²) in [6, 6.07) is 19.9. The predicted octanol–water partition coefficient (Wildman–Crippen LogP) is 5.33. The molecular weight excluding hydrogens is 567 g/mol. The van der Waals surface area contributed by atoms with Crippen molar-refractivity contribution in [3.63, 3.8) is 0 Å². The molecule has 0 atom stereocenters. The summed E-state index contributed by atoms with van der Waals surface area (Å²) in [5.74, 6) is -1.05. The summed E-state index contributed by atoms with van der Waals surface area (Å²) in [6.45, 7) is 0.205. The highest BCUT2D eigenvalue weighted by Crippen LogP contribution is 2.48. The normalized spacial score (nSPS) is 15.6. The highest BCUT2D eigenvalue weighted by atomic mass is 19.1. The molecule has 2 amide bonds. The zero-order valence-electron chi connectivity index (χ0n) is 23.8. The van der Waals surface area contributed by atoms with Crippen molar-refractivity contribution in [2.75, 3.05) is 23.8 Å². The fourth-order valence-electron chi connectivity index (χ4n) is 4.95. The summed E-state index contributed by atoms with van der Waals surface area (Å²) in [5, 5.41) is 6.09. The van der Waals surface area contributed by atoms with E-state index >= 15 is 4.39 Å². The number of amides is 2. The summed E-state index contributed by atoms with van der Waals surface area (Å²) in [6.07, 6.45) is 4.51. The first kappa shape index (κ1) is 29.1. The van der Waals surface area contributed by atoms with E-state index in [-0.39, 0.29) is 23.9 Å². The van der Waals surface area contributed by atoms with Crippen LogP contribution in [-0.2, 0) is 19.1 Å². The van der Waals surface area contributed by atoms with Gasteiger partial charge in [0.1, 0.15) is 22.5 Å². The fraction of sp³-hybridized carbons (Fsp3) is 0.273. The number of nitrogens with one attached hydrogen (secondary N) is 2. The van der Waals surface area contributed by atoms with Crippen LogP contribution in [0, 0.1) is 11.2 Å². The SMILES string of the molecule is NCC(=O)OC1(CCOc2ccc3c(Oc4ccc(NC(=O)C5(C(=O)Nc6ccccc6)CC5)cc4F)ccnc3c2)CC1. The number of carbonyl (C=O) groups excluding carboxylic acids is 3. The van der Waals surface area contributed by atoms with Crippen molar-refractivity contribution in [2.45, 2.75) is 37.7 Å². The minimum atomic E-state index is -1.18. The van der Waals surface area contributed by atoms with Gasteiger partial charge < -0.3 is 30.6 Å². The van der Waals surface area contributed by atoms with Crippen LogP contribution in [0.3, 0.4) is 0 Å². The molecule has 0 radical (unpaired) electrons. The van der Waals surface area contributed by atoms with Gasteiger partial charge in [0.05, 0.1) is 18.7 Å². The molecule has 2 fully saturated rings. The summed E-state index contributed by atoms with van der Waals surface area (Å²) >= 11 is 0. The van der Waals surface area contributed by atoms with Gasteiger partial charge in [-0.25, -0.2) is 4.39 Å². The maximum Gasteiger partial charge on any atom is 0.320 e. The van der Waals surface area contributed by atoms with E-state index in [1.807, 2.05) is 6.07 Å². The molecule has 6 rings (SSSR count). The Morgan fingerprint density at radius 3 is 2.30 bits per heavy atom. The van der Waals surface area contributed by atoms with Crippen molar-refractivity contribution in [1.82, 2.24) is 4.98 Å². The number of benzene rings is 3. The molecule has 2 saturated carbocycles. The number of anilines is 2. The molecule has 11 heteroatoms. The number of ether oxygens (including phenoxy) is 3. The lowest BCUT2D eigenvalue weighted by atomic mass is 10.0. The Morgan fingerprint density at radius 1 is 0.864 bits per heavy atom. The van der Waals surface area contributed by atoms with E-state index in [2.05, 4.69) is 15.6 Å². The number of nitrogens with two attached hydrogens (primary N) is 1. The number of para-hydroxylation sites is 1. The van der Waals surface area contributed by atoms with E-state index in [0.29, 0.717) is 54.0 Å². The summed E-state index contributed by atoms with van der Waals surface area (Å²) in [4.78, 5) is 41.7. The third-order valence-corrected chi connectivity index (χ3v) is 7.87. The average molecular weight is 599 g/mol. The van der Waals surface area contributed by atoms with Crippen molar-refractivity contribution >= 4 is 40.1 Å². The number of nitrogens with zero attached hydrogens (tertiary/aromatic N) is 1. The number of fused-ring (bicyclic) bond motifs is 1. The molecule has 0 bridgehead atoms. The highest BCUT2D eigenvalue weighted by Gasteiger charge is 2.56. The Balaban J connectivity index is 1.08. The first-order chi connectivity index (χ1) is 21.3. The molecule has 0 unspecified atom stereocenters. The number of hydrogen-bond acceptors (Lipinski definition) is 8. The molecule has 0 saturated heterocycles. The van der Waals surface area contributed by atoms with Gasteiger partial charge in [0, 0.05) is 41.5 Å². The molecule has 1 aromatic heterocycles. The Labute approximate surface area is 252 Å². The van der Waals surface area contributed by atoms with Gasteiger partial charge in [-0.05, 0) is 68.1 Å². The van der Waals surface area contributed by atoms with Crippen LogP contribution in [0.4, 0.5) is 15.8 Å². The smallest absolute Gasteiger partial charge is 0.320 e. The van der Waals surface area contributed by atoms with Crippen LogP contribution in [0.15, 0.2) is 79.0 Å². The number of rotatable bonds is 12. The van der Waals surface area contributed by atoms with Crippen LogP contribution >= 0.6 is 0 Å². The Hall–Kier alpha value is -5.03. The average Bonchev–Trinajstić information content (AvgIpc) is 3.96. The van der Waals surface area contributed by atoms with E-state index in [0.717, 1.165) is 18.9 Å². The quantitative estimate of drug-likeness (QED) is 0.147. The number of pyridine rings is 1. The van der Waals surface area contributed by atoms with Crippen LogP contribution < -0.4 is 25.8 Å². The maximum absolute atomic E-state index is 15.1. The molecule has 10 nitrogen and oxygen atoms in total. The molecule has 0 aliphatic heterocycles. The molecule has 2 aliphatic carbocycles. The van der Waals surface area contributed by atoms with Crippen molar-refractivity contribution in [2.24, 2.45) is 11.1 Å². The van der Waals surface area contributed by atoms with Crippen LogP contribution in [0.1, 0.15) is 32.1 Å². The molecule has 3 aromatic carbocycles. The third-order valence-electron chi connectivity index (χ3n) is 7.87. The second kappa shape index (κ2) is 11.9. The van der Waals surface area contributed by atoms with Gasteiger partial charge in [-0.2, -0.15) is 0 Å². The summed E-state index contributed by atoms with van der Waals surface area (Å²) < 4.78 is 32.3. The highest BCUT2D eigenvalue weighted by molar-refractivity contribution is 6.16. The summed E-state index contributed by atoms with van der Waals surface area (Å²) in [5.41, 5.74) is 5.08. The lowest BCUT2D eigenvalue weighted by molar-refractivity contribution is -0.150. The molecule has 44 heavy (non-hydrogen) atoms. The van der Waals surface area contributed by atoms with Crippen LogP contribution in [0.2, 0.25) is 0 Å². The minimum Gasteiger partial charge on any atom is -0.493 e. The first-order valence-electron chi connectivity index (χ1n) is 14.4. The van der Waals surface area contributed by atoms with Gasteiger partial charge in [-0.3, -0.25) is 19.4 Å². The molecule has 4 aromatic rings. The zero-order valence-corrected chi connectivity index (χ0v) is 23.8. The van der Waals surface area contributed by atoms with Crippen LogP contribution in [0.5, 0.6) is 17.2 Å². The molecular formula is C33H31FN4O6. The molecule has 2 aliphatic rings. The van der Waals surface area contributed by atoms with Crippen molar-refractivity contribution < 1.29 is 33.0 Å². The fourth-order valence-corrected chi connectivity index (χ4v) is 4.95. The number of hydrogen-bond donors (Lipinski definition) is 3. The monoisotopic (exact) mass is 598 g/mol. The van der Waals surface area contributed by atoms with E-state index in [1.54, 1.807) is 54.7 Å². The van der Waals surface area contributed by atoms with Gasteiger partial charge >= 0.3 is 5.97 Å². The van der Waals surface area contributed by atoms with Gasteiger partial charge in [0.15, 0.2) is 11.6 Å². The second-order valence-corrected chi connectivity index (χ2v) is 11.1. The molecule has 1 heterocycles. The van der Waals surface area contributed by atoms with Crippen LogP contribution in [0.25, 0.3) is 10.9 Å². The standard InChI is InChI=1S/C33H31FN4O6/c34-25-18-22(38-31(41)33(13-14-33)30(40)37-21-4-2-1-3-5-21)6-9-28(25)43-27-10-16-36-26-19-23(7-8-24(26)27)42-17-15-32(11-12-32)44-29(39)20-35/h1-10,16,18-19H,11-15,17,20,35H2,(H,37,40)(H,38,41). The van der Waals surface area contributed by atoms with Gasteiger partial charge in [0.25, 0.3) is 0 Å². The van der Waals surface area contributed by atoms with E-state index in [9.17, 15) is 14.4 Å². The van der Waals surface area contributed by atoms with E-state index in [1.165, 1.54) is 12.1 Å². The number of aromatic nitrogens is 1. The molecule has 226 valence electrons.